The minimum Gasteiger partial charge on any atom is -0.348 e. The van der Waals surface area contributed by atoms with Gasteiger partial charge in [-0.25, -0.2) is 9.97 Å². The summed E-state index contributed by atoms with van der Waals surface area (Å²) in [6.07, 6.45) is 4.04. The third kappa shape index (κ3) is 2.96. The second-order valence-corrected chi connectivity index (χ2v) is 5.87. The summed E-state index contributed by atoms with van der Waals surface area (Å²) >= 11 is 6.05. The van der Waals surface area contributed by atoms with Crippen molar-refractivity contribution in [1.82, 2.24) is 14.5 Å². The van der Waals surface area contributed by atoms with E-state index in [4.69, 9.17) is 11.6 Å². The lowest BCUT2D eigenvalue weighted by Gasteiger charge is -2.08. The maximum absolute atomic E-state index is 6.05. The van der Waals surface area contributed by atoms with Gasteiger partial charge in [0, 0.05) is 29.5 Å². The smallest absolute Gasteiger partial charge is 0.160 e. The van der Waals surface area contributed by atoms with Crippen molar-refractivity contribution in [1.29, 1.82) is 0 Å². The van der Waals surface area contributed by atoms with Gasteiger partial charge in [0.25, 0.3) is 0 Å². The monoisotopic (exact) mass is 319 g/mol. The second kappa shape index (κ2) is 5.86. The van der Waals surface area contributed by atoms with E-state index in [9.17, 15) is 0 Å². The van der Waals surface area contributed by atoms with Gasteiger partial charge in [-0.05, 0) is 23.8 Å². The zero-order valence-corrected chi connectivity index (χ0v) is 13.1. The highest BCUT2D eigenvalue weighted by atomic mass is 35.5. The molecule has 0 atom stereocenters. The average Bonchev–Trinajstić information content (AvgIpc) is 2.99. The molecule has 4 heteroatoms. The van der Waals surface area contributed by atoms with Crippen LogP contribution >= 0.6 is 11.6 Å². The number of aromatic nitrogens is 3. The Morgan fingerprint density at radius 3 is 2.52 bits per heavy atom. The molecule has 0 amide bonds. The van der Waals surface area contributed by atoms with Crippen molar-refractivity contribution < 1.29 is 0 Å². The summed E-state index contributed by atoms with van der Waals surface area (Å²) in [7, 11) is 0. The van der Waals surface area contributed by atoms with E-state index in [1.807, 2.05) is 67.0 Å². The summed E-state index contributed by atoms with van der Waals surface area (Å²) in [4.78, 5) is 9.24. The fraction of sp³-hybridized carbons (Fsp3) is 0.0526. The number of halogens is 1. The molecule has 0 fully saturated rings. The average molecular weight is 320 g/mol. The highest BCUT2D eigenvalue weighted by Crippen LogP contribution is 2.24. The molecule has 23 heavy (non-hydrogen) atoms. The van der Waals surface area contributed by atoms with E-state index < -0.39 is 0 Å². The van der Waals surface area contributed by atoms with E-state index >= 15 is 0 Å². The van der Waals surface area contributed by atoms with Crippen molar-refractivity contribution in [2.75, 3.05) is 0 Å². The lowest BCUT2D eigenvalue weighted by molar-refractivity contribution is 0.789. The zero-order valence-electron chi connectivity index (χ0n) is 12.4. The number of fused-ring (bicyclic) bond motifs is 1. The topological polar surface area (TPSA) is 30.7 Å². The first-order valence-corrected chi connectivity index (χ1v) is 7.79. The predicted octanol–water partition coefficient (Wildman–Crippen LogP) is 4.75. The highest BCUT2D eigenvalue weighted by molar-refractivity contribution is 6.30. The molecule has 0 aromatic heterocycles. The molecule has 0 N–H and O–H groups in total. The van der Waals surface area contributed by atoms with Crippen molar-refractivity contribution in [3.63, 3.8) is 0 Å². The van der Waals surface area contributed by atoms with Crippen LogP contribution < -0.4 is 0 Å². The molecule has 2 aromatic carbocycles. The van der Waals surface area contributed by atoms with Crippen molar-refractivity contribution in [3.8, 4) is 22.8 Å². The molecule has 0 saturated heterocycles. The van der Waals surface area contributed by atoms with Gasteiger partial charge in [-0.1, -0.05) is 54.1 Å². The predicted molar refractivity (Wildman–Crippen MR) is 92.6 cm³/mol. The summed E-state index contributed by atoms with van der Waals surface area (Å²) < 4.78 is 2.09. The molecule has 2 aromatic rings. The number of hydrogen-bond donors (Lipinski definition) is 0. The minimum atomic E-state index is 0.753. The van der Waals surface area contributed by atoms with Gasteiger partial charge in [0.1, 0.15) is 5.69 Å². The Labute approximate surface area is 139 Å². The van der Waals surface area contributed by atoms with Crippen molar-refractivity contribution in [3.05, 3.63) is 83.6 Å². The molecule has 0 unspecified atom stereocenters. The molecule has 2 aliphatic rings. The summed E-state index contributed by atoms with van der Waals surface area (Å²) in [5, 5.41) is 0.753. The number of rotatable bonds is 3. The Kier molecular flexibility index (Phi) is 3.56. The lowest BCUT2D eigenvalue weighted by atomic mass is 10.2. The Morgan fingerprint density at radius 1 is 0.870 bits per heavy atom. The van der Waals surface area contributed by atoms with Crippen molar-refractivity contribution in [2.45, 2.75) is 6.54 Å². The van der Waals surface area contributed by atoms with Crippen LogP contribution in [0.5, 0.6) is 0 Å². The maximum atomic E-state index is 6.05. The Bertz CT molecular complexity index is 915. The molecule has 0 bridgehead atoms. The molecule has 0 radical (unpaired) electrons. The van der Waals surface area contributed by atoms with Crippen LogP contribution in [0.4, 0.5) is 0 Å². The van der Waals surface area contributed by atoms with Gasteiger partial charge in [-0.2, -0.15) is 0 Å². The largest absolute Gasteiger partial charge is 0.348 e. The van der Waals surface area contributed by atoms with Crippen molar-refractivity contribution >= 4 is 11.6 Å². The standard InChI is InChI=1S/C19H14ClN3/c20-16-8-4-5-14(11-16)12-23-10-9-17-18(13-23)22-19(21-17)15-6-2-1-3-7-15/h1-11,13H,12H2. The van der Waals surface area contributed by atoms with Crippen LogP contribution in [0, 0.1) is 0 Å². The number of nitrogens with zero attached hydrogens (tertiary/aromatic N) is 3. The van der Waals surface area contributed by atoms with Crippen LogP contribution in [0.3, 0.4) is 0 Å². The quantitative estimate of drug-likeness (QED) is 0.545. The molecule has 112 valence electrons. The molecule has 2 heterocycles. The first kappa shape index (κ1) is 14.0. The zero-order chi connectivity index (χ0) is 15.6. The van der Waals surface area contributed by atoms with Crippen LogP contribution in [0.25, 0.3) is 22.8 Å². The minimum absolute atomic E-state index is 0.753. The number of imidazole rings is 1. The number of pyridine rings is 1. The molecular weight excluding hydrogens is 306 g/mol. The summed E-state index contributed by atoms with van der Waals surface area (Å²) in [5.41, 5.74) is 3.99. The van der Waals surface area contributed by atoms with Gasteiger partial charge in [-0.3, -0.25) is 0 Å². The first-order valence-electron chi connectivity index (χ1n) is 7.41. The molecule has 0 aliphatic carbocycles. The van der Waals surface area contributed by atoms with E-state index in [0.717, 1.165) is 39.9 Å². The van der Waals surface area contributed by atoms with E-state index in [1.54, 1.807) is 0 Å². The molecular formula is C19H14ClN3. The van der Waals surface area contributed by atoms with Crippen LogP contribution in [-0.4, -0.2) is 14.5 Å². The van der Waals surface area contributed by atoms with Gasteiger partial charge in [-0.15, -0.1) is 0 Å². The van der Waals surface area contributed by atoms with Gasteiger partial charge in [0.05, 0.1) is 5.69 Å². The summed E-state index contributed by atoms with van der Waals surface area (Å²) in [6.45, 7) is 0.754. The number of benzene rings is 2. The normalized spacial score (nSPS) is 11.0. The van der Waals surface area contributed by atoms with Crippen molar-refractivity contribution in [2.24, 2.45) is 0 Å². The van der Waals surface area contributed by atoms with E-state index in [2.05, 4.69) is 20.6 Å². The maximum Gasteiger partial charge on any atom is 0.160 e. The molecule has 0 saturated carbocycles. The number of hydrogen-bond acceptors (Lipinski definition) is 2. The highest BCUT2D eigenvalue weighted by Gasteiger charge is 2.12. The first-order chi connectivity index (χ1) is 11.3. The van der Waals surface area contributed by atoms with Gasteiger partial charge >= 0.3 is 0 Å². The third-order valence-electron chi connectivity index (χ3n) is 3.71. The van der Waals surface area contributed by atoms with Crippen LogP contribution in [0.2, 0.25) is 5.02 Å². The third-order valence-corrected chi connectivity index (χ3v) is 3.95. The lowest BCUT2D eigenvalue weighted by Crippen LogP contribution is -2.00. The fourth-order valence-electron chi connectivity index (χ4n) is 2.61. The Hall–Kier alpha value is -2.65. The molecule has 4 rings (SSSR count). The Morgan fingerprint density at radius 2 is 1.70 bits per heavy atom. The van der Waals surface area contributed by atoms with Crippen LogP contribution in [0.15, 0.2) is 73.1 Å². The molecule has 2 aliphatic heterocycles. The van der Waals surface area contributed by atoms with E-state index in [0.29, 0.717) is 0 Å². The summed E-state index contributed by atoms with van der Waals surface area (Å²) in [5.74, 6) is 0.765. The SMILES string of the molecule is Clc1cccc(Cn2ccc3nc(-c4ccccc4)nc-3c2)c1. The van der Waals surface area contributed by atoms with E-state index in [-0.39, 0.29) is 0 Å². The van der Waals surface area contributed by atoms with Gasteiger partial charge in [0.2, 0.25) is 0 Å². The fourth-order valence-corrected chi connectivity index (χ4v) is 2.83. The van der Waals surface area contributed by atoms with E-state index in [1.165, 1.54) is 0 Å². The van der Waals surface area contributed by atoms with Gasteiger partial charge in [0.15, 0.2) is 5.82 Å². The summed E-state index contributed by atoms with van der Waals surface area (Å²) in [6, 6.07) is 19.9. The molecule has 0 spiro atoms. The van der Waals surface area contributed by atoms with Crippen LogP contribution in [0.1, 0.15) is 5.56 Å². The second-order valence-electron chi connectivity index (χ2n) is 5.43. The van der Waals surface area contributed by atoms with Crippen LogP contribution in [-0.2, 0) is 6.54 Å². The Balaban J connectivity index is 1.67. The molecule has 3 nitrogen and oxygen atoms in total. The van der Waals surface area contributed by atoms with Gasteiger partial charge < -0.3 is 4.57 Å².